The summed E-state index contributed by atoms with van der Waals surface area (Å²) in [4.78, 5) is 30.9. The van der Waals surface area contributed by atoms with Crippen LogP contribution in [0, 0.1) is 5.92 Å². The molecule has 7 nitrogen and oxygen atoms in total. The van der Waals surface area contributed by atoms with Gasteiger partial charge in [0.25, 0.3) is 0 Å². The molecule has 1 aliphatic heterocycles. The second kappa shape index (κ2) is 7.71. The first kappa shape index (κ1) is 16.8. The number of hydrogen-bond acceptors (Lipinski definition) is 7. The first-order valence-electron chi connectivity index (χ1n) is 7.78. The minimum absolute atomic E-state index is 0.0453. The van der Waals surface area contributed by atoms with Gasteiger partial charge in [0, 0.05) is 42.3 Å². The maximum atomic E-state index is 12.3. The molecular formula is C15H19N5O2S2. The van der Waals surface area contributed by atoms with Crippen molar-refractivity contribution in [3.8, 4) is 0 Å². The number of anilines is 2. The van der Waals surface area contributed by atoms with Crippen molar-refractivity contribution < 1.29 is 9.59 Å². The van der Waals surface area contributed by atoms with Crippen LogP contribution in [0.25, 0.3) is 0 Å². The Morgan fingerprint density at radius 3 is 2.83 bits per heavy atom. The van der Waals surface area contributed by atoms with E-state index in [-0.39, 0.29) is 17.7 Å². The van der Waals surface area contributed by atoms with Crippen LogP contribution in [0.2, 0.25) is 0 Å². The van der Waals surface area contributed by atoms with Crippen LogP contribution in [0.4, 0.5) is 11.1 Å². The van der Waals surface area contributed by atoms with Gasteiger partial charge >= 0.3 is 0 Å². The van der Waals surface area contributed by atoms with E-state index in [1.807, 2.05) is 17.5 Å². The van der Waals surface area contributed by atoms with E-state index in [0.717, 1.165) is 31.1 Å². The van der Waals surface area contributed by atoms with Gasteiger partial charge in [0.15, 0.2) is 0 Å². The predicted octanol–water partition coefficient (Wildman–Crippen LogP) is 2.09. The summed E-state index contributed by atoms with van der Waals surface area (Å²) in [5.41, 5.74) is 0. The van der Waals surface area contributed by atoms with E-state index in [0.29, 0.717) is 12.5 Å². The zero-order valence-corrected chi connectivity index (χ0v) is 15.0. The second-order valence-electron chi connectivity index (χ2n) is 5.64. The Balaban J connectivity index is 1.47. The molecule has 3 heterocycles. The van der Waals surface area contributed by atoms with Gasteiger partial charge in [-0.15, -0.1) is 11.3 Å². The lowest BCUT2D eigenvalue weighted by molar-refractivity contribution is -0.125. The summed E-state index contributed by atoms with van der Waals surface area (Å²) in [6.07, 6.45) is 1.59. The van der Waals surface area contributed by atoms with Crippen LogP contribution in [-0.2, 0) is 16.1 Å². The summed E-state index contributed by atoms with van der Waals surface area (Å²) < 4.78 is 4.12. The fourth-order valence-electron chi connectivity index (χ4n) is 2.62. The smallest absolute Gasteiger partial charge is 0.243 e. The molecular weight excluding hydrogens is 346 g/mol. The van der Waals surface area contributed by atoms with Crippen molar-refractivity contribution in [2.24, 2.45) is 5.92 Å². The number of hydrogen-bond donors (Lipinski definition) is 2. The van der Waals surface area contributed by atoms with Gasteiger partial charge in [-0.2, -0.15) is 9.36 Å². The van der Waals surface area contributed by atoms with Gasteiger partial charge in [-0.1, -0.05) is 6.07 Å². The van der Waals surface area contributed by atoms with E-state index >= 15 is 0 Å². The molecule has 1 saturated heterocycles. The molecule has 0 saturated carbocycles. The average Bonchev–Trinajstić information content (AvgIpc) is 3.24. The number of carbonyl (C=O) groups excluding carboxylic acids is 2. The monoisotopic (exact) mass is 365 g/mol. The zero-order chi connectivity index (χ0) is 16.9. The van der Waals surface area contributed by atoms with E-state index in [1.165, 1.54) is 23.3 Å². The van der Waals surface area contributed by atoms with Gasteiger partial charge in [0.2, 0.25) is 22.9 Å². The summed E-state index contributed by atoms with van der Waals surface area (Å²) in [7, 11) is 0. The highest BCUT2D eigenvalue weighted by molar-refractivity contribution is 7.10. The highest BCUT2D eigenvalue weighted by Gasteiger charge is 2.26. The van der Waals surface area contributed by atoms with Gasteiger partial charge in [0.05, 0.1) is 6.54 Å². The minimum atomic E-state index is -0.180. The summed E-state index contributed by atoms with van der Waals surface area (Å²) in [5.74, 6) is 0.335. The Bertz CT molecular complexity index is 693. The van der Waals surface area contributed by atoms with Crippen molar-refractivity contribution in [1.82, 2.24) is 14.7 Å². The van der Waals surface area contributed by atoms with Crippen molar-refractivity contribution in [2.45, 2.75) is 26.3 Å². The van der Waals surface area contributed by atoms with Gasteiger partial charge < -0.3 is 10.2 Å². The molecule has 128 valence electrons. The molecule has 1 fully saturated rings. The lowest BCUT2D eigenvalue weighted by Gasteiger charge is -2.30. The van der Waals surface area contributed by atoms with Crippen molar-refractivity contribution in [1.29, 1.82) is 0 Å². The SMILES string of the molecule is CC(=O)Nc1nsc(N2CCC(C(=O)NCc3cccs3)CC2)n1. The van der Waals surface area contributed by atoms with E-state index in [9.17, 15) is 9.59 Å². The third-order valence-electron chi connectivity index (χ3n) is 3.86. The molecule has 0 spiro atoms. The van der Waals surface area contributed by atoms with E-state index in [4.69, 9.17) is 0 Å². The largest absolute Gasteiger partial charge is 0.351 e. The van der Waals surface area contributed by atoms with Gasteiger partial charge in [-0.3, -0.25) is 14.9 Å². The molecule has 24 heavy (non-hydrogen) atoms. The number of piperidine rings is 1. The predicted molar refractivity (Wildman–Crippen MR) is 95.3 cm³/mol. The number of thiophene rings is 1. The van der Waals surface area contributed by atoms with Crippen LogP contribution in [-0.4, -0.2) is 34.3 Å². The van der Waals surface area contributed by atoms with Crippen LogP contribution in [0.15, 0.2) is 17.5 Å². The van der Waals surface area contributed by atoms with Crippen molar-refractivity contribution in [3.05, 3.63) is 22.4 Å². The molecule has 0 unspecified atom stereocenters. The maximum absolute atomic E-state index is 12.3. The number of nitrogens with zero attached hydrogens (tertiary/aromatic N) is 3. The summed E-state index contributed by atoms with van der Waals surface area (Å²) >= 11 is 2.92. The van der Waals surface area contributed by atoms with E-state index < -0.39 is 0 Å². The number of nitrogens with one attached hydrogen (secondary N) is 2. The number of rotatable bonds is 5. The number of amides is 2. The van der Waals surface area contributed by atoms with Crippen LogP contribution >= 0.6 is 22.9 Å². The van der Waals surface area contributed by atoms with Crippen LogP contribution in [0.5, 0.6) is 0 Å². The van der Waals surface area contributed by atoms with Gasteiger partial charge in [0.1, 0.15) is 0 Å². The Kier molecular flexibility index (Phi) is 5.41. The normalized spacial score (nSPS) is 15.3. The fourth-order valence-corrected chi connectivity index (χ4v) is 3.94. The van der Waals surface area contributed by atoms with Crippen molar-refractivity contribution in [3.63, 3.8) is 0 Å². The molecule has 0 atom stereocenters. The quantitative estimate of drug-likeness (QED) is 0.847. The Hall–Kier alpha value is -2.00. The van der Waals surface area contributed by atoms with Crippen molar-refractivity contribution >= 4 is 45.8 Å². The highest BCUT2D eigenvalue weighted by Crippen LogP contribution is 2.26. The molecule has 3 rings (SSSR count). The van der Waals surface area contributed by atoms with E-state index in [2.05, 4.69) is 24.9 Å². The Labute approximate surface area is 148 Å². The number of carbonyl (C=O) groups is 2. The highest BCUT2D eigenvalue weighted by atomic mass is 32.1. The number of aromatic nitrogens is 2. The average molecular weight is 365 g/mol. The molecule has 2 aromatic rings. The van der Waals surface area contributed by atoms with Crippen molar-refractivity contribution in [2.75, 3.05) is 23.3 Å². The first-order valence-corrected chi connectivity index (χ1v) is 9.43. The standard InChI is InChI=1S/C15H19N5O2S2/c1-10(21)17-14-18-15(24-19-14)20-6-4-11(5-7-20)13(22)16-9-12-3-2-8-23-12/h2-3,8,11H,4-7,9H2,1H3,(H,16,22)(H,17,19,21). The molecule has 2 amide bonds. The molecule has 0 radical (unpaired) electrons. The lowest BCUT2D eigenvalue weighted by Crippen LogP contribution is -2.40. The molecule has 0 aromatic carbocycles. The maximum Gasteiger partial charge on any atom is 0.243 e. The van der Waals surface area contributed by atoms with Gasteiger partial charge in [-0.25, -0.2) is 0 Å². The summed E-state index contributed by atoms with van der Waals surface area (Å²) in [6.45, 7) is 3.58. The van der Waals surface area contributed by atoms with E-state index in [1.54, 1.807) is 11.3 Å². The Morgan fingerprint density at radius 1 is 1.38 bits per heavy atom. The topological polar surface area (TPSA) is 87.2 Å². The van der Waals surface area contributed by atoms with Crippen LogP contribution < -0.4 is 15.5 Å². The molecule has 1 aliphatic rings. The zero-order valence-electron chi connectivity index (χ0n) is 13.3. The molecule has 0 aliphatic carbocycles. The van der Waals surface area contributed by atoms with Gasteiger partial charge in [-0.05, 0) is 24.3 Å². The summed E-state index contributed by atoms with van der Waals surface area (Å²) in [5, 5.41) is 8.40. The summed E-state index contributed by atoms with van der Waals surface area (Å²) in [6, 6.07) is 4.01. The first-order chi connectivity index (χ1) is 11.6. The lowest BCUT2D eigenvalue weighted by atomic mass is 9.96. The molecule has 2 aromatic heterocycles. The third kappa shape index (κ3) is 4.30. The Morgan fingerprint density at radius 2 is 2.17 bits per heavy atom. The second-order valence-corrected chi connectivity index (χ2v) is 7.40. The molecule has 0 bridgehead atoms. The molecule has 2 N–H and O–H groups in total. The minimum Gasteiger partial charge on any atom is -0.351 e. The molecule has 9 heteroatoms. The van der Waals surface area contributed by atoms with Crippen LogP contribution in [0.1, 0.15) is 24.6 Å². The van der Waals surface area contributed by atoms with Crippen LogP contribution in [0.3, 0.4) is 0 Å². The third-order valence-corrected chi connectivity index (χ3v) is 5.51. The fraction of sp³-hybridized carbons (Fsp3) is 0.467.